The van der Waals surface area contributed by atoms with Gasteiger partial charge in [-0.15, -0.1) is 0 Å². The maximum Gasteiger partial charge on any atom is 0.355 e. The van der Waals surface area contributed by atoms with E-state index in [1.165, 1.54) is 0 Å². The molecule has 1 fully saturated rings. The van der Waals surface area contributed by atoms with Crippen LogP contribution in [0.4, 0.5) is 0 Å². The first kappa shape index (κ1) is 25.0. The molecule has 3 rings (SSSR count). The van der Waals surface area contributed by atoms with Gasteiger partial charge in [-0.3, -0.25) is 9.59 Å². The summed E-state index contributed by atoms with van der Waals surface area (Å²) in [4.78, 5) is 41.7. The quantitative estimate of drug-likeness (QED) is 0.393. The fourth-order valence-corrected chi connectivity index (χ4v) is 5.05. The van der Waals surface area contributed by atoms with Crippen LogP contribution in [0.3, 0.4) is 0 Å². The highest BCUT2D eigenvalue weighted by Crippen LogP contribution is 2.30. The molecule has 1 aliphatic rings. The van der Waals surface area contributed by atoms with E-state index >= 15 is 0 Å². The summed E-state index contributed by atoms with van der Waals surface area (Å²) in [6.07, 6.45) is 4.95. The van der Waals surface area contributed by atoms with Gasteiger partial charge in [-0.05, 0) is 70.4 Å². The predicted octanol–water partition coefficient (Wildman–Crippen LogP) is 5.52. The molecule has 6 nitrogen and oxygen atoms in total. The van der Waals surface area contributed by atoms with Crippen molar-refractivity contribution >= 4 is 29.3 Å². The molecule has 0 saturated heterocycles. The van der Waals surface area contributed by atoms with Crippen LogP contribution in [-0.2, 0) is 11.8 Å². The Kier molecular flexibility index (Phi) is 8.01. The number of rotatable bonds is 7. The predicted molar refractivity (Wildman–Crippen MR) is 129 cm³/mol. The zero-order chi connectivity index (χ0) is 24.3. The minimum atomic E-state index is -0.675. The van der Waals surface area contributed by atoms with Crippen molar-refractivity contribution in [3.05, 3.63) is 57.4 Å². The van der Waals surface area contributed by atoms with Crippen molar-refractivity contribution in [3.63, 3.8) is 0 Å². The summed E-state index contributed by atoms with van der Waals surface area (Å²) >= 11 is 6.02. The Bertz CT molecular complexity index is 1040. The average Bonchev–Trinajstić information content (AvgIpc) is 3.02. The molecule has 1 unspecified atom stereocenters. The van der Waals surface area contributed by atoms with E-state index in [2.05, 4.69) is 0 Å². The van der Waals surface area contributed by atoms with Gasteiger partial charge in [-0.25, -0.2) is 4.79 Å². The highest BCUT2D eigenvalue weighted by molar-refractivity contribution is 6.30. The molecule has 7 heteroatoms. The van der Waals surface area contributed by atoms with E-state index in [0.717, 1.165) is 32.1 Å². The molecule has 0 radical (unpaired) electrons. The maximum absolute atomic E-state index is 13.8. The number of carbonyl (C=O) groups excluding carboxylic acids is 3. The number of ether oxygens (including phenoxy) is 1. The summed E-state index contributed by atoms with van der Waals surface area (Å²) in [5.74, 6) is -0.783. The first-order valence-corrected chi connectivity index (χ1v) is 12.0. The van der Waals surface area contributed by atoms with Crippen molar-refractivity contribution in [1.29, 1.82) is 0 Å². The molecule has 1 heterocycles. The fourth-order valence-electron chi connectivity index (χ4n) is 4.92. The lowest BCUT2D eigenvalue weighted by atomic mass is 9.90. The molecule has 0 N–H and O–H groups in total. The van der Waals surface area contributed by atoms with Crippen LogP contribution in [0.25, 0.3) is 0 Å². The second-order valence-corrected chi connectivity index (χ2v) is 9.20. The Balaban J connectivity index is 2.01. The third kappa shape index (κ3) is 5.01. The number of nitrogens with zero attached hydrogens (tertiary/aromatic N) is 2. The molecule has 1 amide bonds. The van der Waals surface area contributed by atoms with E-state index in [1.54, 1.807) is 61.6 Å². The van der Waals surface area contributed by atoms with E-state index < -0.39 is 12.0 Å². The Morgan fingerprint density at radius 2 is 1.73 bits per heavy atom. The minimum absolute atomic E-state index is 0.00488. The summed E-state index contributed by atoms with van der Waals surface area (Å²) < 4.78 is 6.91. The zero-order valence-corrected chi connectivity index (χ0v) is 20.9. The molecule has 2 aromatic rings. The Labute approximate surface area is 200 Å². The van der Waals surface area contributed by atoms with Gasteiger partial charge >= 0.3 is 5.97 Å². The highest BCUT2D eigenvalue weighted by atomic mass is 35.5. The lowest BCUT2D eigenvalue weighted by molar-refractivity contribution is 0.0485. The van der Waals surface area contributed by atoms with Crippen molar-refractivity contribution < 1.29 is 19.1 Å². The second kappa shape index (κ2) is 10.6. The summed E-state index contributed by atoms with van der Waals surface area (Å²) in [6, 6.07) is 6.11. The number of halogens is 1. The second-order valence-electron chi connectivity index (χ2n) is 8.76. The van der Waals surface area contributed by atoms with Crippen LogP contribution >= 0.6 is 11.6 Å². The van der Waals surface area contributed by atoms with Gasteiger partial charge in [0.05, 0.1) is 12.6 Å². The van der Waals surface area contributed by atoms with Gasteiger partial charge in [0.25, 0.3) is 5.91 Å². The van der Waals surface area contributed by atoms with Gasteiger partial charge < -0.3 is 14.2 Å². The Morgan fingerprint density at radius 3 is 2.30 bits per heavy atom. The average molecular weight is 473 g/mol. The Morgan fingerprint density at radius 1 is 1.12 bits per heavy atom. The molecule has 1 aromatic heterocycles. The number of ketones is 1. The lowest BCUT2D eigenvalue weighted by Gasteiger charge is -2.38. The number of aromatic nitrogens is 1. The first-order chi connectivity index (χ1) is 15.7. The smallest absolute Gasteiger partial charge is 0.355 e. The van der Waals surface area contributed by atoms with Crippen molar-refractivity contribution in [2.75, 3.05) is 6.61 Å². The highest BCUT2D eigenvalue weighted by Gasteiger charge is 2.36. The third-order valence-corrected chi connectivity index (χ3v) is 6.99. The first-order valence-electron chi connectivity index (χ1n) is 11.6. The molecule has 33 heavy (non-hydrogen) atoms. The molecular weight excluding hydrogens is 440 g/mol. The lowest BCUT2D eigenvalue weighted by Crippen LogP contribution is -2.50. The van der Waals surface area contributed by atoms with Gasteiger partial charge in [0, 0.05) is 34.9 Å². The largest absolute Gasteiger partial charge is 0.461 e. The van der Waals surface area contributed by atoms with Crippen LogP contribution < -0.4 is 0 Å². The molecule has 1 aromatic carbocycles. The van der Waals surface area contributed by atoms with Crippen molar-refractivity contribution in [1.82, 2.24) is 9.47 Å². The van der Waals surface area contributed by atoms with Gasteiger partial charge in [-0.1, -0.05) is 30.9 Å². The van der Waals surface area contributed by atoms with E-state index in [0.29, 0.717) is 33.1 Å². The van der Waals surface area contributed by atoms with Crippen LogP contribution in [0.2, 0.25) is 5.02 Å². The minimum Gasteiger partial charge on any atom is -0.461 e. The van der Waals surface area contributed by atoms with E-state index in [-0.39, 0.29) is 24.3 Å². The number of carbonyl (C=O) groups is 3. The van der Waals surface area contributed by atoms with Gasteiger partial charge in [0.1, 0.15) is 5.69 Å². The summed E-state index contributed by atoms with van der Waals surface area (Å²) in [6.45, 7) is 7.39. The van der Waals surface area contributed by atoms with E-state index in [1.807, 2.05) is 6.92 Å². The molecule has 1 saturated carbocycles. The molecule has 178 valence electrons. The van der Waals surface area contributed by atoms with Crippen LogP contribution in [0.5, 0.6) is 0 Å². The SMILES string of the molecule is CCOC(=O)c1c(C)c(C(=O)C(C)N(C(=O)c2ccc(Cl)cc2)C2CCCCC2)c(C)n1C. The topological polar surface area (TPSA) is 68.6 Å². The fraction of sp³-hybridized carbons (Fsp3) is 0.500. The normalized spacial score (nSPS) is 15.2. The summed E-state index contributed by atoms with van der Waals surface area (Å²) in [5, 5.41) is 0.557. The van der Waals surface area contributed by atoms with Crippen molar-refractivity contribution in [2.24, 2.45) is 7.05 Å². The number of Topliss-reactive ketones (excluding diaryl/α,β-unsaturated/α-hetero) is 1. The summed E-state index contributed by atoms with van der Waals surface area (Å²) in [7, 11) is 1.76. The van der Waals surface area contributed by atoms with Crippen LogP contribution in [0, 0.1) is 13.8 Å². The number of amides is 1. The van der Waals surface area contributed by atoms with Gasteiger partial charge in [0.2, 0.25) is 0 Å². The van der Waals surface area contributed by atoms with E-state index in [4.69, 9.17) is 16.3 Å². The Hall–Kier alpha value is -2.60. The van der Waals surface area contributed by atoms with E-state index in [9.17, 15) is 14.4 Å². The molecule has 0 bridgehead atoms. The standard InChI is InChI=1S/C26H33ClN2O4/c1-6-33-26(32)23-16(2)22(17(3)28(23)5)24(30)18(4)29(21-10-8-7-9-11-21)25(31)19-12-14-20(27)15-13-19/h12-15,18,21H,6-11H2,1-5H3. The third-order valence-electron chi connectivity index (χ3n) is 6.74. The van der Waals surface area contributed by atoms with Crippen molar-refractivity contribution in [2.45, 2.75) is 71.9 Å². The number of hydrogen-bond donors (Lipinski definition) is 0. The molecule has 0 spiro atoms. The number of hydrogen-bond acceptors (Lipinski definition) is 4. The molecule has 1 atom stereocenters. The monoisotopic (exact) mass is 472 g/mol. The van der Waals surface area contributed by atoms with Crippen LogP contribution in [0.15, 0.2) is 24.3 Å². The molecular formula is C26H33ClN2O4. The maximum atomic E-state index is 13.8. The van der Waals surface area contributed by atoms with Crippen molar-refractivity contribution in [3.8, 4) is 0 Å². The van der Waals surface area contributed by atoms with Gasteiger partial charge in [0.15, 0.2) is 5.78 Å². The number of esters is 1. The molecule has 1 aliphatic carbocycles. The van der Waals surface area contributed by atoms with Crippen LogP contribution in [0.1, 0.15) is 88.4 Å². The summed E-state index contributed by atoms with van der Waals surface area (Å²) in [5.41, 5.74) is 2.65. The van der Waals surface area contributed by atoms with Crippen LogP contribution in [-0.4, -0.2) is 45.8 Å². The number of benzene rings is 1. The molecule has 0 aliphatic heterocycles. The van der Waals surface area contributed by atoms with Gasteiger partial charge in [-0.2, -0.15) is 0 Å². The zero-order valence-electron chi connectivity index (χ0n) is 20.1.